The third-order valence-corrected chi connectivity index (χ3v) is 7.84. The van der Waals surface area contributed by atoms with Crippen molar-refractivity contribution >= 4 is 26.7 Å². The van der Waals surface area contributed by atoms with Gasteiger partial charge in [0.05, 0.1) is 5.75 Å². The van der Waals surface area contributed by atoms with Gasteiger partial charge in [-0.2, -0.15) is 0 Å². The van der Waals surface area contributed by atoms with Crippen LogP contribution in [0.15, 0.2) is 30.3 Å². The van der Waals surface area contributed by atoms with E-state index in [0.717, 1.165) is 23.8 Å². The Hall–Kier alpha value is -1.92. The van der Waals surface area contributed by atoms with Gasteiger partial charge in [-0.1, -0.05) is 31.2 Å². The lowest BCUT2D eigenvalue weighted by Gasteiger charge is -2.31. The molecule has 144 valence electrons. The predicted octanol–water partition coefficient (Wildman–Crippen LogP) is 2.87. The first-order valence-corrected chi connectivity index (χ1v) is 11.4. The lowest BCUT2D eigenvalue weighted by atomic mass is 9.98. The highest BCUT2D eigenvalue weighted by Crippen LogP contribution is 2.32. The Balaban J connectivity index is 1.46. The second-order valence-electron chi connectivity index (χ2n) is 7.57. The predicted molar refractivity (Wildman–Crippen MR) is 107 cm³/mol. The summed E-state index contributed by atoms with van der Waals surface area (Å²) in [5, 5.41) is 5.40. The van der Waals surface area contributed by atoms with E-state index < -0.39 is 10.0 Å². The van der Waals surface area contributed by atoms with Gasteiger partial charge in [0.25, 0.3) is 5.91 Å². The first-order chi connectivity index (χ1) is 13.0. The Morgan fingerprint density at radius 1 is 1.11 bits per heavy atom. The summed E-state index contributed by atoms with van der Waals surface area (Å²) in [7, 11) is -3.15. The number of nitrogens with one attached hydrogen (secondary N) is 1. The summed E-state index contributed by atoms with van der Waals surface area (Å²) in [6.07, 6.45) is 4.04. The van der Waals surface area contributed by atoms with Gasteiger partial charge in [0.15, 0.2) is 0 Å². The highest BCUT2D eigenvalue weighted by Gasteiger charge is 2.28. The van der Waals surface area contributed by atoms with Gasteiger partial charge in [0, 0.05) is 24.7 Å². The Labute approximate surface area is 160 Å². The number of benzene rings is 2. The third-order valence-electron chi connectivity index (χ3n) is 5.77. The minimum Gasteiger partial charge on any atom is -0.349 e. The van der Waals surface area contributed by atoms with E-state index in [2.05, 4.69) is 17.4 Å². The minimum absolute atomic E-state index is 0.0219. The maximum Gasteiger partial charge on any atom is 0.252 e. The van der Waals surface area contributed by atoms with Crippen LogP contribution in [0.25, 0.3) is 10.8 Å². The number of nitrogens with zero attached hydrogens (tertiary/aromatic N) is 1. The first-order valence-electron chi connectivity index (χ1n) is 9.82. The van der Waals surface area contributed by atoms with Crippen LogP contribution in [0, 0.1) is 0 Å². The molecule has 0 saturated carbocycles. The number of amides is 1. The van der Waals surface area contributed by atoms with E-state index in [0.29, 0.717) is 32.4 Å². The molecule has 2 aromatic rings. The van der Waals surface area contributed by atoms with Gasteiger partial charge in [0.1, 0.15) is 0 Å². The zero-order valence-electron chi connectivity index (χ0n) is 15.7. The van der Waals surface area contributed by atoms with Crippen molar-refractivity contribution in [3.8, 4) is 0 Å². The third kappa shape index (κ3) is 3.48. The van der Waals surface area contributed by atoms with Crippen molar-refractivity contribution < 1.29 is 13.2 Å². The molecule has 27 heavy (non-hydrogen) atoms. The fourth-order valence-corrected chi connectivity index (χ4v) is 5.91. The summed E-state index contributed by atoms with van der Waals surface area (Å²) in [4.78, 5) is 12.9. The second kappa shape index (κ2) is 7.24. The number of piperidine rings is 1. The van der Waals surface area contributed by atoms with Crippen LogP contribution < -0.4 is 5.32 Å². The Morgan fingerprint density at radius 2 is 1.81 bits per heavy atom. The summed E-state index contributed by atoms with van der Waals surface area (Å²) in [6.45, 7) is 2.84. The van der Waals surface area contributed by atoms with Crippen LogP contribution in [0.3, 0.4) is 0 Å². The number of hydrogen-bond donors (Lipinski definition) is 1. The van der Waals surface area contributed by atoms with Crippen molar-refractivity contribution in [2.75, 3.05) is 18.8 Å². The molecule has 4 rings (SSSR count). The summed E-state index contributed by atoms with van der Waals surface area (Å²) in [5.74, 6) is 0.144. The average molecular weight is 387 g/mol. The van der Waals surface area contributed by atoms with E-state index in [1.807, 2.05) is 25.1 Å². The van der Waals surface area contributed by atoms with Crippen molar-refractivity contribution in [3.63, 3.8) is 0 Å². The standard InChI is InChI=1S/C21H26N2O3S/c1-2-14-27(25,26)23-12-10-17(11-13-23)22-21(24)19-9-8-16-7-6-15-4-3-5-18(19)20(15)16/h3-5,8-9,17H,2,6-7,10-14H2,1H3,(H,22,24). The summed E-state index contributed by atoms with van der Waals surface area (Å²) in [6, 6.07) is 10.2. The van der Waals surface area contributed by atoms with Gasteiger partial charge >= 0.3 is 0 Å². The van der Waals surface area contributed by atoms with Crippen LogP contribution in [0.4, 0.5) is 0 Å². The Kier molecular flexibility index (Phi) is 4.95. The number of aryl methyl sites for hydroxylation is 2. The average Bonchev–Trinajstić information content (AvgIpc) is 3.07. The van der Waals surface area contributed by atoms with E-state index in [9.17, 15) is 13.2 Å². The largest absolute Gasteiger partial charge is 0.349 e. The second-order valence-corrected chi connectivity index (χ2v) is 9.66. The highest BCUT2D eigenvalue weighted by atomic mass is 32.2. The van der Waals surface area contributed by atoms with Gasteiger partial charge in [0.2, 0.25) is 10.0 Å². The summed E-state index contributed by atoms with van der Waals surface area (Å²) < 4.78 is 25.9. The fraction of sp³-hybridized carbons (Fsp3) is 0.476. The monoisotopic (exact) mass is 386 g/mol. The van der Waals surface area contributed by atoms with Gasteiger partial charge in [-0.15, -0.1) is 0 Å². The van der Waals surface area contributed by atoms with Gasteiger partial charge < -0.3 is 5.32 Å². The SMILES string of the molecule is CCCS(=O)(=O)N1CCC(NC(=O)c2ccc3c4c(cccc24)CC3)CC1. The molecule has 0 aromatic heterocycles. The Bertz CT molecular complexity index is 966. The fourth-order valence-electron chi connectivity index (χ4n) is 4.37. The normalized spacial score (nSPS) is 18.1. The molecule has 6 heteroatoms. The van der Waals surface area contributed by atoms with Crippen LogP contribution in [-0.4, -0.2) is 43.5 Å². The molecule has 1 aliphatic carbocycles. The number of hydrogen-bond acceptors (Lipinski definition) is 3. The molecule has 0 bridgehead atoms. The van der Waals surface area contributed by atoms with Crippen LogP contribution in [0.5, 0.6) is 0 Å². The maximum atomic E-state index is 12.9. The van der Waals surface area contributed by atoms with E-state index in [-0.39, 0.29) is 17.7 Å². The molecule has 1 N–H and O–H groups in total. The van der Waals surface area contributed by atoms with Gasteiger partial charge in [-0.3, -0.25) is 4.79 Å². The molecule has 1 saturated heterocycles. The van der Waals surface area contributed by atoms with Gasteiger partial charge in [-0.25, -0.2) is 12.7 Å². The Morgan fingerprint density at radius 3 is 2.52 bits per heavy atom. The number of carbonyl (C=O) groups excluding carboxylic acids is 1. The summed E-state index contributed by atoms with van der Waals surface area (Å²) >= 11 is 0. The van der Waals surface area contributed by atoms with Crippen LogP contribution in [0.1, 0.15) is 47.7 Å². The number of sulfonamides is 1. The van der Waals surface area contributed by atoms with Crippen molar-refractivity contribution in [1.29, 1.82) is 0 Å². The van der Waals surface area contributed by atoms with Gasteiger partial charge in [-0.05, 0) is 60.1 Å². The molecule has 2 aromatic carbocycles. The molecule has 2 aliphatic rings. The van der Waals surface area contributed by atoms with E-state index >= 15 is 0 Å². The quantitative estimate of drug-likeness (QED) is 0.859. The van der Waals surface area contributed by atoms with Crippen molar-refractivity contribution in [1.82, 2.24) is 9.62 Å². The lowest BCUT2D eigenvalue weighted by Crippen LogP contribution is -2.47. The molecule has 1 amide bonds. The molecule has 1 fully saturated rings. The van der Waals surface area contributed by atoms with E-state index in [1.165, 1.54) is 16.5 Å². The molecule has 0 unspecified atom stereocenters. The van der Waals surface area contributed by atoms with E-state index in [4.69, 9.17) is 0 Å². The molecular weight excluding hydrogens is 360 g/mol. The van der Waals surface area contributed by atoms with E-state index in [1.54, 1.807) is 4.31 Å². The maximum absolute atomic E-state index is 12.9. The highest BCUT2D eigenvalue weighted by molar-refractivity contribution is 7.89. The molecule has 1 aliphatic heterocycles. The molecular formula is C21H26N2O3S. The summed E-state index contributed by atoms with van der Waals surface area (Å²) in [5.41, 5.74) is 3.37. The number of carbonyl (C=O) groups is 1. The van der Waals surface area contributed by atoms with Crippen LogP contribution in [-0.2, 0) is 22.9 Å². The topological polar surface area (TPSA) is 66.5 Å². The van der Waals surface area contributed by atoms with Crippen molar-refractivity contribution in [2.45, 2.75) is 45.1 Å². The minimum atomic E-state index is -3.15. The molecule has 0 spiro atoms. The smallest absolute Gasteiger partial charge is 0.252 e. The molecule has 0 radical (unpaired) electrons. The zero-order valence-corrected chi connectivity index (χ0v) is 16.5. The van der Waals surface area contributed by atoms with Crippen LogP contribution >= 0.6 is 0 Å². The van der Waals surface area contributed by atoms with Crippen molar-refractivity contribution in [3.05, 3.63) is 47.0 Å². The van der Waals surface area contributed by atoms with Crippen LogP contribution in [0.2, 0.25) is 0 Å². The molecule has 5 nitrogen and oxygen atoms in total. The lowest BCUT2D eigenvalue weighted by molar-refractivity contribution is 0.0925. The molecule has 1 heterocycles. The number of rotatable bonds is 5. The van der Waals surface area contributed by atoms with Crippen molar-refractivity contribution in [2.24, 2.45) is 0 Å². The first kappa shape index (κ1) is 18.4. The molecule has 0 atom stereocenters. The zero-order chi connectivity index (χ0) is 19.0.